The first-order valence-electron chi connectivity index (χ1n) is 8.54. The smallest absolute Gasteiger partial charge is 0.309 e. The van der Waals surface area contributed by atoms with Crippen LogP contribution in [-0.4, -0.2) is 42.1 Å². The fraction of sp³-hybridized carbons (Fsp3) is 0.350. The molecule has 3 rings (SSSR count). The van der Waals surface area contributed by atoms with Gasteiger partial charge in [-0.25, -0.2) is 0 Å². The zero-order chi connectivity index (χ0) is 19.6. The van der Waals surface area contributed by atoms with Crippen LogP contribution >= 0.6 is 0 Å². The van der Waals surface area contributed by atoms with Gasteiger partial charge in [0.05, 0.1) is 26.7 Å². The van der Waals surface area contributed by atoms with Gasteiger partial charge in [0.15, 0.2) is 23.0 Å². The molecule has 2 aromatic carbocycles. The maximum Gasteiger partial charge on any atom is 0.309 e. The average molecular weight is 374 g/mol. The van der Waals surface area contributed by atoms with E-state index in [1.165, 1.54) is 20.3 Å². The van der Waals surface area contributed by atoms with Crippen molar-refractivity contribution in [2.75, 3.05) is 20.8 Å². The van der Waals surface area contributed by atoms with Crippen molar-refractivity contribution in [2.24, 2.45) is 11.8 Å². The lowest BCUT2D eigenvalue weighted by molar-refractivity contribution is -0.141. The average Bonchev–Trinajstić information content (AvgIpc) is 2.99. The number of phenolic OH excluding ortho intramolecular Hbond substituents is 3. The van der Waals surface area contributed by atoms with Crippen LogP contribution in [0.4, 0.5) is 0 Å². The molecular weight excluding hydrogens is 352 g/mol. The second kappa shape index (κ2) is 7.65. The Morgan fingerprint density at radius 2 is 1.67 bits per heavy atom. The minimum Gasteiger partial charge on any atom is -0.504 e. The van der Waals surface area contributed by atoms with Crippen molar-refractivity contribution < 1.29 is 34.3 Å². The third kappa shape index (κ3) is 3.86. The highest BCUT2D eigenvalue weighted by Crippen LogP contribution is 2.38. The molecule has 7 nitrogen and oxygen atoms in total. The summed E-state index contributed by atoms with van der Waals surface area (Å²) in [6.45, 7) is 0.299. The largest absolute Gasteiger partial charge is 0.504 e. The number of rotatable bonds is 6. The second-order valence-electron chi connectivity index (χ2n) is 6.58. The quantitative estimate of drug-likeness (QED) is 0.527. The van der Waals surface area contributed by atoms with E-state index >= 15 is 0 Å². The van der Waals surface area contributed by atoms with E-state index in [-0.39, 0.29) is 34.9 Å². The number of aromatic hydroxyl groups is 3. The lowest BCUT2D eigenvalue weighted by atomic mass is 9.85. The molecule has 1 aliphatic rings. The van der Waals surface area contributed by atoms with Gasteiger partial charge in [-0.15, -0.1) is 0 Å². The predicted octanol–water partition coefficient (Wildman–Crippen LogP) is 2.40. The van der Waals surface area contributed by atoms with Gasteiger partial charge in [0.2, 0.25) is 5.75 Å². The Bertz CT molecular complexity index is 846. The molecule has 1 saturated heterocycles. The van der Waals surface area contributed by atoms with Crippen LogP contribution < -0.4 is 9.47 Å². The van der Waals surface area contributed by atoms with Crippen LogP contribution in [0.1, 0.15) is 11.1 Å². The molecule has 1 aliphatic heterocycles. The first-order chi connectivity index (χ1) is 12.9. The van der Waals surface area contributed by atoms with Gasteiger partial charge in [0.25, 0.3) is 0 Å². The molecule has 3 N–H and O–H groups in total. The Kier molecular flexibility index (Phi) is 5.30. The van der Waals surface area contributed by atoms with E-state index in [0.29, 0.717) is 30.8 Å². The molecule has 2 aromatic rings. The van der Waals surface area contributed by atoms with Crippen molar-refractivity contribution in [2.45, 2.75) is 12.8 Å². The van der Waals surface area contributed by atoms with E-state index in [0.717, 1.165) is 5.56 Å². The van der Waals surface area contributed by atoms with Gasteiger partial charge < -0.3 is 29.5 Å². The van der Waals surface area contributed by atoms with E-state index in [1.54, 1.807) is 24.3 Å². The van der Waals surface area contributed by atoms with Gasteiger partial charge in [-0.2, -0.15) is 0 Å². The number of hydrogen-bond acceptors (Lipinski definition) is 7. The van der Waals surface area contributed by atoms with Gasteiger partial charge in [-0.05, 0) is 48.2 Å². The Hall–Kier alpha value is -3.09. The zero-order valence-electron chi connectivity index (χ0n) is 15.1. The number of phenols is 3. The fourth-order valence-corrected chi connectivity index (χ4v) is 3.38. The molecule has 0 aliphatic carbocycles. The van der Waals surface area contributed by atoms with E-state index < -0.39 is 5.92 Å². The van der Waals surface area contributed by atoms with Crippen LogP contribution in [0.15, 0.2) is 30.3 Å². The van der Waals surface area contributed by atoms with E-state index in [1.807, 2.05) is 0 Å². The standard InChI is InChI=1S/C20H22O7/c1-25-17-8-11(3-4-15(17)21)5-13-10-27-20(24)14(13)6-12-7-16(22)19(23)18(9-12)26-2/h3-4,7-9,13-14,21-23H,5-6,10H2,1-2H3/t13-,14+/m1/s1. The summed E-state index contributed by atoms with van der Waals surface area (Å²) in [4.78, 5) is 12.2. The Labute approximate surface area is 156 Å². The molecule has 0 spiro atoms. The van der Waals surface area contributed by atoms with E-state index in [2.05, 4.69) is 0 Å². The highest BCUT2D eigenvalue weighted by molar-refractivity contribution is 5.75. The van der Waals surface area contributed by atoms with Crippen LogP contribution in [0.3, 0.4) is 0 Å². The number of benzene rings is 2. The summed E-state index contributed by atoms with van der Waals surface area (Å²) in [5.74, 6) is -0.787. The van der Waals surface area contributed by atoms with Crippen LogP contribution in [0, 0.1) is 11.8 Å². The molecule has 1 fully saturated rings. The van der Waals surface area contributed by atoms with Crippen LogP contribution in [0.25, 0.3) is 0 Å². The first kappa shape index (κ1) is 18.7. The number of hydrogen-bond donors (Lipinski definition) is 3. The highest BCUT2D eigenvalue weighted by Gasteiger charge is 2.37. The summed E-state index contributed by atoms with van der Waals surface area (Å²) in [6.07, 6.45) is 0.928. The summed E-state index contributed by atoms with van der Waals surface area (Å²) in [7, 11) is 2.87. The Balaban J connectivity index is 1.80. The summed E-state index contributed by atoms with van der Waals surface area (Å²) >= 11 is 0. The van der Waals surface area contributed by atoms with Crippen molar-refractivity contribution in [3.63, 3.8) is 0 Å². The third-order valence-corrected chi connectivity index (χ3v) is 4.84. The van der Waals surface area contributed by atoms with Crippen LogP contribution in [0.5, 0.6) is 28.7 Å². The zero-order valence-corrected chi connectivity index (χ0v) is 15.1. The number of esters is 1. The van der Waals surface area contributed by atoms with Crippen molar-refractivity contribution in [3.05, 3.63) is 41.5 Å². The molecule has 7 heteroatoms. The Morgan fingerprint density at radius 1 is 0.963 bits per heavy atom. The lowest BCUT2D eigenvalue weighted by Crippen LogP contribution is -2.20. The minimum absolute atomic E-state index is 0.0585. The molecule has 0 bridgehead atoms. The number of cyclic esters (lactones) is 1. The van der Waals surface area contributed by atoms with Gasteiger partial charge in [-0.3, -0.25) is 4.79 Å². The van der Waals surface area contributed by atoms with Crippen molar-refractivity contribution in [1.82, 2.24) is 0 Å². The normalized spacial score (nSPS) is 19.0. The molecule has 0 radical (unpaired) electrons. The SMILES string of the molecule is COc1cc(C[C@@H]2COC(=O)[C@H]2Cc2cc(O)c(O)c(OC)c2)ccc1O. The molecular formula is C20H22O7. The van der Waals surface area contributed by atoms with Crippen LogP contribution in [0.2, 0.25) is 0 Å². The van der Waals surface area contributed by atoms with Gasteiger partial charge in [0, 0.05) is 5.92 Å². The summed E-state index contributed by atoms with van der Waals surface area (Å²) in [5, 5.41) is 29.3. The molecule has 0 aromatic heterocycles. The maximum atomic E-state index is 12.2. The second-order valence-corrected chi connectivity index (χ2v) is 6.58. The number of carbonyl (C=O) groups is 1. The fourth-order valence-electron chi connectivity index (χ4n) is 3.38. The number of ether oxygens (including phenoxy) is 3. The molecule has 144 valence electrons. The highest BCUT2D eigenvalue weighted by atomic mass is 16.5. The Morgan fingerprint density at radius 3 is 2.37 bits per heavy atom. The van der Waals surface area contributed by atoms with E-state index in [4.69, 9.17) is 14.2 Å². The summed E-state index contributed by atoms with van der Waals surface area (Å²) in [6, 6.07) is 8.10. The topological polar surface area (TPSA) is 105 Å². The predicted molar refractivity (Wildman–Crippen MR) is 96.3 cm³/mol. The third-order valence-electron chi connectivity index (χ3n) is 4.84. The van der Waals surface area contributed by atoms with Crippen molar-refractivity contribution >= 4 is 5.97 Å². The number of carbonyl (C=O) groups excluding carboxylic acids is 1. The molecule has 0 amide bonds. The maximum absolute atomic E-state index is 12.2. The van der Waals surface area contributed by atoms with E-state index in [9.17, 15) is 20.1 Å². The molecule has 0 saturated carbocycles. The molecule has 27 heavy (non-hydrogen) atoms. The molecule has 0 unspecified atom stereocenters. The van der Waals surface area contributed by atoms with Crippen molar-refractivity contribution in [1.29, 1.82) is 0 Å². The van der Waals surface area contributed by atoms with Crippen LogP contribution in [-0.2, 0) is 22.4 Å². The lowest BCUT2D eigenvalue weighted by Gasteiger charge is -2.17. The van der Waals surface area contributed by atoms with Gasteiger partial charge in [-0.1, -0.05) is 6.07 Å². The molecule has 1 heterocycles. The first-order valence-corrected chi connectivity index (χ1v) is 8.54. The van der Waals surface area contributed by atoms with Crippen molar-refractivity contribution in [3.8, 4) is 28.7 Å². The van der Waals surface area contributed by atoms with Gasteiger partial charge >= 0.3 is 5.97 Å². The monoisotopic (exact) mass is 374 g/mol. The molecule has 2 atom stereocenters. The van der Waals surface area contributed by atoms with Gasteiger partial charge in [0.1, 0.15) is 0 Å². The minimum atomic E-state index is -0.390. The summed E-state index contributed by atoms with van der Waals surface area (Å²) < 4.78 is 15.4. The summed E-state index contributed by atoms with van der Waals surface area (Å²) in [5.41, 5.74) is 1.59. The number of methoxy groups -OCH3 is 2.